The Labute approximate surface area is 112 Å². The molecule has 0 saturated carbocycles. The fourth-order valence-corrected chi connectivity index (χ4v) is 2.73. The molecule has 1 saturated heterocycles. The predicted molar refractivity (Wildman–Crippen MR) is 68.7 cm³/mol. The highest BCUT2D eigenvalue weighted by atomic mass is 16.5. The number of urea groups is 1. The molecule has 5 heteroatoms. The molecule has 0 aromatic heterocycles. The maximum Gasteiger partial charge on any atom is 0.321 e. The van der Waals surface area contributed by atoms with Gasteiger partial charge >= 0.3 is 6.03 Å². The fourth-order valence-electron chi connectivity index (χ4n) is 2.73. The highest BCUT2D eigenvalue weighted by molar-refractivity contribution is 5.77. The molecule has 0 spiro atoms. The van der Waals surface area contributed by atoms with E-state index in [1.54, 1.807) is 16.8 Å². The molecular formula is C14H15N3O2. The van der Waals surface area contributed by atoms with Gasteiger partial charge in [0, 0.05) is 20.0 Å². The van der Waals surface area contributed by atoms with Gasteiger partial charge in [-0.15, -0.1) is 0 Å². The van der Waals surface area contributed by atoms with Gasteiger partial charge in [0.2, 0.25) is 0 Å². The lowest BCUT2D eigenvalue weighted by Crippen LogP contribution is -2.29. The number of nitriles is 1. The van der Waals surface area contributed by atoms with Gasteiger partial charge in [0.05, 0.1) is 18.7 Å². The van der Waals surface area contributed by atoms with Crippen LogP contribution in [0.15, 0.2) is 18.2 Å². The normalized spacial score (nSPS) is 21.3. The summed E-state index contributed by atoms with van der Waals surface area (Å²) in [5, 5.41) is 8.74. The van der Waals surface area contributed by atoms with Gasteiger partial charge in [0.15, 0.2) is 0 Å². The van der Waals surface area contributed by atoms with Crippen LogP contribution in [0.25, 0.3) is 0 Å². The lowest BCUT2D eigenvalue weighted by Gasteiger charge is -2.18. The van der Waals surface area contributed by atoms with E-state index in [-0.39, 0.29) is 18.6 Å². The number of nitrogens with zero attached hydrogens (tertiary/aromatic N) is 3. The minimum Gasteiger partial charge on any atom is -0.493 e. The zero-order chi connectivity index (χ0) is 13.4. The minimum absolute atomic E-state index is 0.0201. The Balaban J connectivity index is 1.87. The van der Waals surface area contributed by atoms with Crippen LogP contribution in [0.2, 0.25) is 0 Å². The number of fused-ring (bicyclic) bond motifs is 1. The molecule has 0 radical (unpaired) electrons. The van der Waals surface area contributed by atoms with Crippen molar-refractivity contribution in [3.8, 4) is 11.8 Å². The number of likely N-dealkylation sites (N-methyl/N-ethyl adjacent to an activating group) is 1. The molecule has 1 aromatic rings. The van der Waals surface area contributed by atoms with Crippen LogP contribution in [0, 0.1) is 11.3 Å². The second-order valence-electron chi connectivity index (χ2n) is 4.91. The second kappa shape index (κ2) is 4.47. The van der Waals surface area contributed by atoms with Gasteiger partial charge in [-0.25, -0.2) is 4.79 Å². The molecule has 0 aliphatic carbocycles. The molecule has 98 valence electrons. The monoisotopic (exact) mass is 257 g/mol. The number of hydrogen-bond donors (Lipinski definition) is 0. The minimum atomic E-state index is -0.0803. The van der Waals surface area contributed by atoms with Crippen molar-refractivity contribution < 1.29 is 9.53 Å². The van der Waals surface area contributed by atoms with E-state index in [0.717, 1.165) is 24.3 Å². The standard InChI is InChI=1S/C14H15N3O2/c1-16-12(9-17(6-5-15)14(16)18)10-2-3-13-11(8-10)4-7-19-13/h2-3,8,12H,4,6-7,9H2,1H3. The van der Waals surface area contributed by atoms with E-state index in [1.165, 1.54) is 5.56 Å². The van der Waals surface area contributed by atoms with E-state index >= 15 is 0 Å². The van der Waals surface area contributed by atoms with E-state index in [1.807, 2.05) is 18.2 Å². The maximum atomic E-state index is 12.0. The average molecular weight is 257 g/mol. The van der Waals surface area contributed by atoms with Gasteiger partial charge in [-0.1, -0.05) is 6.07 Å². The Morgan fingerprint density at radius 3 is 3.16 bits per heavy atom. The quantitative estimate of drug-likeness (QED) is 0.755. The van der Waals surface area contributed by atoms with Crippen LogP contribution >= 0.6 is 0 Å². The van der Waals surface area contributed by atoms with Crippen LogP contribution in [-0.2, 0) is 6.42 Å². The van der Waals surface area contributed by atoms with Gasteiger partial charge in [-0.3, -0.25) is 0 Å². The van der Waals surface area contributed by atoms with E-state index in [9.17, 15) is 4.79 Å². The van der Waals surface area contributed by atoms with Gasteiger partial charge in [-0.2, -0.15) is 5.26 Å². The van der Waals surface area contributed by atoms with Crippen molar-refractivity contribution in [2.24, 2.45) is 0 Å². The van der Waals surface area contributed by atoms with Crippen molar-refractivity contribution in [1.82, 2.24) is 9.80 Å². The number of carbonyl (C=O) groups excluding carboxylic acids is 1. The molecule has 5 nitrogen and oxygen atoms in total. The summed E-state index contributed by atoms with van der Waals surface area (Å²) in [6.45, 7) is 1.45. The molecule has 0 bridgehead atoms. The molecule has 2 aliphatic rings. The Morgan fingerprint density at radius 2 is 2.37 bits per heavy atom. The number of ether oxygens (including phenoxy) is 1. The highest BCUT2D eigenvalue weighted by Gasteiger charge is 2.35. The van der Waals surface area contributed by atoms with Crippen molar-refractivity contribution >= 4 is 6.03 Å². The first-order valence-corrected chi connectivity index (χ1v) is 6.35. The molecule has 2 amide bonds. The third kappa shape index (κ3) is 1.89. The second-order valence-corrected chi connectivity index (χ2v) is 4.91. The predicted octanol–water partition coefficient (Wildman–Crippen LogP) is 1.55. The summed E-state index contributed by atoms with van der Waals surface area (Å²) < 4.78 is 5.49. The number of carbonyl (C=O) groups is 1. The first-order valence-electron chi connectivity index (χ1n) is 6.35. The van der Waals surface area contributed by atoms with Crippen molar-refractivity contribution in [1.29, 1.82) is 5.26 Å². The largest absolute Gasteiger partial charge is 0.493 e. The van der Waals surface area contributed by atoms with Gasteiger partial charge in [0.1, 0.15) is 12.3 Å². The fraction of sp³-hybridized carbons (Fsp3) is 0.429. The van der Waals surface area contributed by atoms with Gasteiger partial charge in [-0.05, 0) is 23.3 Å². The molecule has 3 rings (SSSR count). The first-order chi connectivity index (χ1) is 9.20. The summed E-state index contributed by atoms with van der Waals surface area (Å²) in [7, 11) is 1.79. The molecular weight excluding hydrogens is 242 g/mol. The molecule has 2 heterocycles. The molecule has 1 aromatic carbocycles. The third-order valence-corrected chi connectivity index (χ3v) is 3.79. The van der Waals surface area contributed by atoms with Crippen molar-refractivity contribution in [2.45, 2.75) is 12.5 Å². The Hall–Kier alpha value is -2.22. The molecule has 19 heavy (non-hydrogen) atoms. The number of rotatable bonds is 2. The third-order valence-electron chi connectivity index (χ3n) is 3.79. The smallest absolute Gasteiger partial charge is 0.321 e. The van der Waals surface area contributed by atoms with Gasteiger partial charge < -0.3 is 14.5 Å². The van der Waals surface area contributed by atoms with Crippen LogP contribution in [0.3, 0.4) is 0 Å². The Bertz CT molecular complexity index is 564. The molecule has 0 N–H and O–H groups in total. The summed E-state index contributed by atoms with van der Waals surface area (Å²) in [5.41, 5.74) is 2.32. The van der Waals surface area contributed by atoms with Crippen LogP contribution in [0.1, 0.15) is 17.2 Å². The summed E-state index contributed by atoms with van der Waals surface area (Å²) in [6.07, 6.45) is 0.926. The lowest BCUT2D eigenvalue weighted by molar-refractivity contribution is 0.199. The maximum absolute atomic E-state index is 12.0. The van der Waals surface area contributed by atoms with E-state index in [2.05, 4.69) is 6.07 Å². The SMILES string of the molecule is CN1C(=O)N(CC#N)CC1c1ccc2c(c1)CCO2. The zero-order valence-electron chi connectivity index (χ0n) is 10.8. The van der Waals surface area contributed by atoms with E-state index in [0.29, 0.717) is 6.54 Å². The summed E-state index contributed by atoms with van der Waals surface area (Å²) >= 11 is 0. The van der Waals surface area contributed by atoms with Crippen LogP contribution in [-0.4, -0.2) is 42.6 Å². The van der Waals surface area contributed by atoms with E-state index < -0.39 is 0 Å². The van der Waals surface area contributed by atoms with Crippen LogP contribution in [0.4, 0.5) is 4.79 Å². The highest BCUT2D eigenvalue weighted by Crippen LogP contribution is 2.33. The Morgan fingerprint density at radius 1 is 1.53 bits per heavy atom. The topological polar surface area (TPSA) is 56.6 Å². The van der Waals surface area contributed by atoms with Crippen molar-refractivity contribution in [3.63, 3.8) is 0 Å². The lowest BCUT2D eigenvalue weighted by atomic mass is 10.0. The Kier molecular flexibility index (Phi) is 2.79. The molecule has 1 fully saturated rings. The molecule has 2 aliphatic heterocycles. The summed E-state index contributed by atoms with van der Waals surface area (Å²) in [6, 6.07) is 8.07. The van der Waals surface area contributed by atoms with E-state index in [4.69, 9.17) is 10.00 Å². The first kappa shape index (κ1) is 11.8. The number of benzene rings is 1. The number of amides is 2. The van der Waals surface area contributed by atoms with Crippen LogP contribution in [0.5, 0.6) is 5.75 Å². The van der Waals surface area contributed by atoms with Gasteiger partial charge in [0.25, 0.3) is 0 Å². The zero-order valence-corrected chi connectivity index (χ0v) is 10.8. The summed E-state index contributed by atoms with van der Waals surface area (Å²) in [4.78, 5) is 15.3. The van der Waals surface area contributed by atoms with Crippen molar-refractivity contribution in [3.05, 3.63) is 29.3 Å². The average Bonchev–Trinajstić information content (AvgIpc) is 2.98. The van der Waals surface area contributed by atoms with Crippen LogP contribution < -0.4 is 4.74 Å². The summed E-state index contributed by atoms with van der Waals surface area (Å²) in [5.74, 6) is 0.949. The number of hydrogen-bond acceptors (Lipinski definition) is 3. The van der Waals surface area contributed by atoms with Crippen molar-refractivity contribution in [2.75, 3.05) is 26.7 Å². The molecule has 1 atom stereocenters. The molecule has 1 unspecified atom stereocenters.